The topological polar surface area (TPSA) is 30.9 Å². The van der Waals surface area contributed by atoms with Gasteiger partial charge in [0.05, 0.1) is 0 Å². The minimum Gasteiger partial charge on any atom is -0.357 e. The van der Waals surface area contributed by atoms with Crippen LogP contribution in [0, 0.1) is 5.82 Å². The van der Waals surface area contributed by atoms with Crippen molar-refractivity contribution in [3.8, 4) is 0 Å². The van der Waals surface area contributed by atoms with Gasteiger partial charge in [-0.2, -0.15) is 13.2 Å². The maximum atomic E-state index is 13.2. The number of hydrogen-bond acceptors (Lipinski definition) is 2. The number of piperazine rings is 1. The molecule has 0 amide bonds. The molecule has 1 atom stereocenters. The van der Waals surface area contributed by atoms with Crippen molar-refractivity contribution in [3.05, 3.63) is 35.6 Å². The molecule has 0 aliphatic carbocycles. The van der Waals surface area contributed by atoms with Crippen LogP contribution in [0.4, 0.5) is 17.6 Å². The van der Waals surface area contributed by atoms with E-state index in [1.165, 1.54) is 24.0 Å². The Morgan fingerprint density at radius 2 is 1.92 bits per heavy atom. The zero-order valence-electron chi connectivity index (χ0n) is 15.2. The zero-order valence-corrected chi connectivity index (χ0v) is 15.2. The Bertz CT molecular complexity index is 595. The summed E-state index contributed by atoms with van der Waals surface area (Å²) < 4.78 is 51.8. The molecule has 1 aromatic carbocycles. The van der Waals surface area contributed by atoms with Gasteiger partial charge >= 0.3 is 6.18 Å². The second-order valence-corrected chi connectivity index (χ2v) is 6.36. The maximum Gasteiger partial charge on any atom is 0.403 e. The number of nitrogens with one attached hydrogen (secondary N) is 1. The van der Waals surface area contributed by atoms with E-state index in [0.717, 1.165) is 5.56 Å². The molecule has 8 heteroatoms. The molecule has 1 saturated heterocycles. The highest BCUT2D eigenvalue weighted by molar-refractivity contribution is 5.80. The molecule has 26 heavy (non-hydrogen) atoms. The van der Waals surface area contributed by atoms with Gasteiger partial charge in [-0.15, -0.1) is 0 Å². The van der Waals surface area contributed by atoms with E-state index in [0.29, 0.717) is 51.6 Å². The molecular weight excluding hydrogens is 348 g/mol. The molecule has 146 valence electrons. The molecular formula is C18H26F4N4. The number of rotatable bonds is 5. The molecule has 1 N–H and O–H groups in total. The summed E-state index contributed by atoms with van der Waals surface area (Å²) in [7, 11) is 0. The fourth-order valence-electron chi connectivity index (χ4n) is 2.94. The van der Waals surface area contributed by atoms with Gasteiger partial charge in [-0.1, -0.05) is 12.1 Å². The van der Waals surface area contributed by atoms with Gasteiger partial charge in [0.1, 0.15) is 11.9 Å². The monoisotopic (exact) mass is 374 g/mol. The molecule has 1 aliphatic rings. The Balaban J connectivity index is 1.91. The molecule has 1 aliphatic heterocycles. The first-order valence-electron chi connectivity index (χ1n) is 8.89. The van der Waals surface area contributed by atoms with E-state index in [1.807, 2.05) is 17.9 Å². The molecule has 0 bridgehead atoms. The van der Waals surface area contributed by atoms with Gasteiger partial charge in [-0.05, 0) is 38.0 Å². The molecule has 2 rings (SSSR count). The third kappa shape index (κ3) is 5.86. The molecule has 0 radical (unpaired) electrons. The lowest BCUT2D eigenvalue weighted by molar-refractivity contribution is -0.181. The fourth-order valence-corrected chi connectivity index (χ4v) is 2.94. The maximum absolute atomic E-state index is 13.2. The van der Waals surface area contributed by atoms with Crippen molar-refractivity contribution in [3.63, 3.8) is 0 Å². The Morgan fingerprint density at radius 1 is 1.23 bits per heavy atom. The molecule has 0 aromatic heterocycles. The molecule has 1 aromatic rings. The summed E-state index contributed by atoms with van der Waals surface area (Å²) in [6.45, 7) is 5.99. The highest BCUT2D eigenvalue weighted by Gasteiger charge is 2.41. The van der Waals surface area contributed by atoms with Crippen LogP contribution in [0.2, 0.25) is 0 Å². The van der Waals surface area contributed by atoms with Gasteiger partial charge in [0.2, 0.25) is 0 Å². The Kier molecular flexibility index (Phi) is 7.25. The molecule has 1 fully saturated rings. The van der Waals surface area contributed by atoms with E-state index in [-0.39, 0.29) is 5.82 Å². The molecule has 4 nitrogen and oxygen atoms in total. The van der Waals surface area contributed by atoms with Crippen LogP contribution in [0.25, 0.3) is 0 Å². The van der Waals surface area contributed by atoms with Gasteiger partial charge in [0.25, 0.3) is 0 Å². The number of alkyl halides is 3. The predicted octanol–water partition coefficient (Wildman–Crippen LogP) is 2.90. The second-order valence-electron chi connectivity index (χ2n) is 6.36. The van der Waals surface area contributed by atoms with Gasteiger partial charge in [0, 0.05) is 39.3 Å². The number of benzene rings is 1. The van der Waals surface area contributed by atoms with Gasteiger partial charge in [0.15, 0.2) is 5.96 Å². The Labute approximate surface area is 151 Å². The predicted molar refractivity (Wildman–Crippen MR) is 94.7 cm³/mol. The number of aliphatic imine (C=N–C) groups is 1. The Hall–Kier alpha value is -1.83. The van der Waals surface area contributed by atoms with Gasteiger partial charge < -0.3 is 10.2 Å². The van der Waals surface area contributed by atoms with E-state index in [1.54, 1.807) is 6.07 Å². The number of nitrogens with zero attached hydrogens (tertiary/aromatic N) is 3. The molecule has 0 spiro atoms. The van der Waals surface area contributed by atoms with E-state index in [4.69, 9.17) is 0 Å². The third-order valence-electron chi connectivity index (χ3n) is 4.52. The summed E-state index contributed by atoms with van der Waals surface area (Å²) in [5.74, 6) is 0.427. The van der Waals surface area contributed by atoms with Crippen molar-refractivity contribution in [1.29, 1.82) is 0 Å². The van der Waals surface area contributed by atoms with Gasteiger partial charge in [-0.3, -0.25) is 9.89 Å². The second kappa shape index (κ2) is 9.21. The van der Waals surface area contributed by atoms with Crippen molar-refractivity contribution in [2.24, 2.45) is 4.99 Å². The van der Waals surface area contributed by atoms with Crippen LogP contribution in [0.3, 0.4) is 0 Å². The average molecular weight is 374 g/mol. The summed E-state index contributed by atoms with van der Waals surface area (Å²) in [6.07, 6.45) is -3.59. The quantitative estimate of drug-likeness (QED) is 0.489. The van der Waals surface area contributed by atoms with E-state index >= 15 is 0 Å². The van der Waals surface area contributed by atoms with Gasteiger partial charge in [-0.25, -0.2) is 4.39 Å². The normalized spacial score (nSPS) is 18.1. The van der Waals surface area contributed by atoms with Crippen LogP contribution in [0.5, 0.6) is 0 Å². The summed E-state index contributed by atoms with van der Waals surface area (Å²) in [5.41, 5.74) is 0.869. The molecule has 1 unspecified atom stereocenters. The van der Waals surface area contributed by atoms with E-state index in [9.17, 15) is 17.6 Å². The van der Waals surface area contributed by atoms with Crippen LogP contribution >= 0.6 is 0 Å². The fraction of sp³-hybridized carbons (Fsp3) is 0.611. The van der Waals surface area contributed by atoms with Crippen LogP contribution in [-0.4, -0.2) is 67.2 Å². The largest absolute Gasteiger partial charge is 0.403 e. The highest BCUT2D eigenvalue weighted by atomic mass is 19.4. The standard InChI is InChI=1S/C18H26F4N4/c1-3-23-17(24-8-7-15-5-4-6-16(19)13-15)26-11-9-25(10-12-26)14(2)18(20,21)22/h4-6,13-14H,3,7-12H2,1-2H3,(H,23,24). The minimum atomic E-state index is -4.20. The van der Waals surface area contributed by atoms with Crippen molar-refractivity contribution < 1.29 is 17.6 Å². The first-order chi connectivity index (χ1) is 12.3. The van der Waals surface area contributed by atoms with Crippen molar-refractivity contribution in [2.75, 3.05) is 39.3 Å². The Morgan fingerprint density at radius 3 is 2.50 bits per heavy atom. The average Bonchev–Trinajstić information content (AvgIpc) is 2.60. The van der Waals surface area contributed by atoms with E-state index in [2.05, 4.69) is 10.3 Å². The first kappa shape index (κ1) is 20.5. The van der Waals surface area contributed by atoms with Crippen LogP contribution in [0.15, 0.2) is 29.3 Å². The number of guanidine groups is 1. The SMILES string of the molecule is CCNC(=NCCc1cccc(F)c1)N1CCN(C(C)C(F)(F)F)CC1. The summed E-state index contributed by atoms with van der Waals surface area (Å²) >= 11 is 0. The smallest absolute Gasteiger partial charge is 0.357 e. The van der Waals surface area contributed by atoms with Crippen molar-refractivity contribution in [1.82, 2.24) is 15.1 Å². The number of halogens is 4. The van der Waals surface area contributed by atoms with Crippen LogP contribution in [-0.2, 0) is 6.42 Å². The van der Waals surface area contributed by atoms with E-state index < -0.39 is 12.2 Å². The summed E-state index contributed by atoms with van der Waals surface area (Å²) in [5, 5.41) is 3.19. The summed E-state index contributed by atoms with van der Waals surface area (Å²) in [6, 6.07) is 4.97. The lowest BCUT2D eigenvalue weighted by atomic mass is 10.1. The molecule has 0 saturated carbocycles. The summed E-state index contributed by atoms with van der Waals surface area (Å²) in [4.78, 5) is 7.98. The lowest BCUT2D eigenvalue weighted by Gasteiger charge is -2.39. The van der Waals surface area contributed by atoms with Crippen LogP contribution < -0.4 is 5.32 Å². The third-order valence-corrected chi connectivity index (χ3v) is 4.52. The first-order valence-corrected chi connectivity index (χ1v) is 8.89. The van der Waals surface area contributed by atoms with Crippen LogP contribution in [0.1, 0.15) is 19.4 Å². The molecule has 1 heterocycles. The zero-order chi connectivity index (χ0) is 19.2. The highest BCUT2D eigenvalue weighted by Crippen LogP contribution is 2.25. The van der Waals surface area contributed by atoms with Crippen molar-refractivity contribution in [2.45, 2.75) is 32.5 Å². The van der Waals surface area contributed by atoms with Crippen molar-refractivity contribution >= 4 is 5.96 Å². The lowest BCUT2D eigenvalue weighted by Crippen LogP contribution is -2.56. The number of hydrogen-bond donors (Lipinski definition) is 1. The minimum absolute atomic E-state index is 0.270.